The Morgan fingerprint density at radius 3 is 2.79 bits per heavy atom. The zero-order valence-electron chi connectivity index (χ0n) is 12.5. The lowest BCUT2D eigenvalue weighted by Gasteiger charge is -2.02. The van der Waals surface area contributed by atoms with Gasteiger partial charge >= 0.3 is 0 Å². The Kier molecular flexibility index (Phi) is 4.87. The second-order valence-electron chi connectivity index (χ2n) is 4.83. The topological polar surface area (TPSA) is 50.7 Å². The first kappa shape index (κ1) is 16.5. The van der Waals surface area contributed by atoms with Crippen LogP contribution < -0.4 is 10.1 Å². The molecule has 1 heterocycles. The van der Waals surface area contributed by atoms with E-state index >= 15 is 0 Å². The number of methoxy groups -OCH3 is 1. The fraction of sp³-hybridized carbons (Fsp3) is 0.0588. The van der Waals surface area contributed by atoms with Crippen LogP contribution in [-0.2, 0) is 4.79 Å². The third kappa shape index (κ3) is 3.60. The summed E-state index contributed by atoms with van der Waals surface area (Å²) >= 11 is 7.23. The van der Waals surface area contributed by atoms with Crippen molar-refractivity contribution in [3.05, 3.63) is 63.8 Å². The van der Waals surface area contributed by atoms with Crippen molar-refractivity contribution in [3.8, 4) is 5.75 Å². The van der Waals surface area contributed by atoms with Crippen LogP contribution in [0.4, 0.5) is 10.1 Å². The molecule has 1 aliphatic rings. The summed E-state index contributed by atoms with van der Waals surface area (Å²) in [6.07, 6.45) is 1.59. The van der Waals surface area contributed by atoms with Crippen LogP contribution in [-0.4, -0.2) is 18.2 Å². The molecule has 24 heavy (non-hydrogen) atoms. The van der Waals surface area contributed by atoms with Crippen LogP contribution in [0.1, 0.15) is 5.56 Å². The van der Waals surface area contributed by atoms with Gasteiger partial charge < -0.3 is 10.1 Å². The van der Waals surface area contributed by atoms with E-state index in [1.165, 1.54) is 31.0 Å². The second-order valence-corrected chi connectivity index (χ2v) is 6.26. The molecule has 1 saturated heterocycles. The second kappa shape index (κ2) is 7.07. The molecule has 3 rings (SSSR count). The molecule has 1 fully saturated rings. The molecule has 0 atom stereocenters. The molecule has 0 aliphatic carbocycles. The number of nitrogens with one attached hydrogen (secondary N) is 1. The van der Waals surface area contributed by atoms with Gasteiger partial charge in [-0.3, -0.25) is 4.79 Å². The summed E-state index contributed by atoms with van der Waals surface area (Å²) in [6.45, 7) is 0. The van der Waals surface area contributed by atoms with Crippen molar-refractivity contribution >= 4 is 46.2 Å². The van der Waals surface area contributed by atoms with Crippen LogP contribution in [0.3, 0.4) is 0 Å². The van der Waals surface area contributed by atoms with Crippen molar-refractivity contribution in [2.24, 2.45) is 4.99 Å². The Hall–Kier alpha value is -2.31. The van der Waals surface area contributed by atoms with Crippen molar-refractivity contribution in [2.75, 3.05) is 7.11 Å². The Balaban J connectivity index is 1.85. The summed E-state index contributed by atoms with van der Waals surface area (Å²) in [7, 11) is 1.40. The lowest BCUT2D eigenvalue weighted by Crippen LogP contribution is -2.19. The molecule has 4 nitrogen and oxygen atoms in total. The number of hydrogen-bond acceptors (Lipinski definition) is 4. The van der Waals surface area contributed by atoms with E-state index in [4.69, 9.17) is 16.3 Å². The summed E-state index contributed by atoms with van der Waals surface area (Å²) in [5.74, 6) is -0.621. The fourth-order valence-corrected chi connectivity index (χ4v) is 3.07. The highest BCUT2D eigenvalue weighted by atomic mass is 35.5. The highest BCUT2D eigenvalue weighted by Gasteiger charge is 2.24. The zero-order valence-corrected chi connectivity index (χ0v) is 14.1. The number of aliphatic imine (C=N–C) groups is 1. The molecule has 2 aromatic carbocycles. The third-order valence-corrected chi connectivity index (χ3v) is 4.43. The van der Waals surface area contributed by atoms with Crippen LogP contribution in [0.15, 0.2) is 52.4 Å². The molecule has 0 saturated carbocycles. The maximum Gasteiger partial charge on any atom is 0.264 e. The van der Waals surface area contributed by atoms with Gasteiger partial charge in [-0.2, -0.15) is 0 Å². The summed E-state index contributed by atoms with van der Waals surface area (Å²) in [5.41, 5.74) is 1.13. The highest BCUT2D eigenvalue weighted by Crippen LogP contribution is 2.31. The maximum atomic E-state index is 13.7. The van der Waals surface area contributed by atoms with E-state index in [1.807, 2.05) is 6.07 Å². The van der Waals surface area contributed by atoms with E-state index in [0.29, 0.717) is 26.3 Å². The van der Waals surface area contributed by atoms with Crippen LogP contribution in [0, 0.1) is 5.82 Å². The minimum Gasteiger partial charge on any atom is -0.494 e. The third-order valence-electron chi connectivity index (χ3n) is 3.20. The van der Waals surface area contributed by atoms with Gasteiger partial charge in [-0.25, -0.2) is 9.38 Å². The smallest absolute Gasteiger partial charge is 0.264 e. The molecular formula is C17H12ClFN2O2S. The molecule has 1 amide bonds. The van der Waals surface area contributed by atoms with Crippen LogP contribution >= 0.6 is 23.4 Å². The molecule has 7 heteroatoms. The number of amidine groups is 1. The largest absolute Gasteiger partial charge is 0.494 e. The van der Waals surface area contributed by atoms with E-state index in [9.17, 15) is 9.18 Å². The van der Waals surface area contributed by atoms with Gasteiger partial charge in [0.25, 0.3) is 5.91 Å². The number of benzene rings is 2. The predicted octanol–water partition coefficient (Wildman–Crippen LogP) is 4.38. The minimum atomic E-state index is -0.486. The number of carbonyl (C=O) groups is 1. The standard InChI is InChI=1S/C17H12ClFN2O2S/c1-23-14-7-6-10(8-12(14)19)9-15-16(22)21-17(24-15)20-13-5-3-2-4-11(13)18/h2-9H,1H3,(H,20,21,22)/b15-9+. The minimum absolute atomic E-state index is 0.154. The maximum absolute atomic E-state index is 13.7. The van der Waals surface area contributed by atoms with Gasteiger partial charge in [-0.15, -0.1) is 0 Å². The molecule has 0 bridgehead atoms. The van der Waals surface area contributed by atoms with Crippen LogP contribution in [0.25, 0.3) is 6.08 Å². The summed E-state index contributed by atoms with van der Waals surface area (Å²) < 4.78 is 18.6. The van der Waals surface area contributed by atoms with E-state index in [1.54, 1.807) is 30.3 Å². The molecule has 0 spiro atoms. The predicted molar refractivity (Wildman–Crippen MR) is 95.2 cm³/mol. The first-order chi connectivity index (χ1) is 11.6. The van der Waals surface area contributed by atoms with Gasteiger partial charge in [0.05, 0.1) is 22.7 Å². The van der Waals surface area contributed by atoms with Gasteiger partial charge in [-0.05, 0) is 47.7 Å². The molecule has 1 N–H and O–H groups in total. The number of thioether (sulfide) groups is 1. The summed E-state index contributed by atoms with van der Waals surface area (Å²) in [6, 6.07) is 11.6. The molecular weight excluding hydrogens is 351 g/mol. The number of rotatable bonds is 3. The Morgan fingerprint density at radius 1 is 1.29 bits per heavy atom. The Bertz CT molecular complexity index is 867. The van der Waals surface area contributed by atoms with Crippen LogP contribution in [0.2, 0.25) is 5.02 Å². The molecule has 2 aromatic rings. The normalized spacial score (nSPS) is 17.4. The van der Waals surface area contributed by atoms with Crippen molar-refractivity contribution in [2.45, 2.75) is 0 Å². The van der Waals surface area contributed by atoms with Gasteiger partial charge in [-0.1, -0.05) is 29.8 Å². The van der Waals surface area contributed by atoms with Crippen molar-refractivity contribution in [3.63, 3.8) is 0 Å². The van der Waals surface area contributed by atoms with Crippen molar-refractivity contribution in [1.29, 1.82) is 0 Å². The first-order valence-corrected chi connectivity index (χ1v) is 8.14. The number of nitrogens with zero attached hydrogens (tertiary/aromatic N) is 1. The van der Waals surface area contributed by atoms with E-state index in [0.717, 1.165) is 0 Å². The number of carbonyl (C=O) groups excluding carboxylic acids is 1. The number of ether oxygens (including phenoxy) is 1. The first-order valence-electron chi connectivity index (χ1n) is 6.94. The van der Waals surface area contributed by atoms with E-state index < -0.39 is 5.82 Å². The van der Waals surface area contributed by atoms with Gasteiger partial charge in [0.2, 0.25) is 0 Å². The fourth-order valence-electron chi connectivity index (χ4n) is 2.06. The quantitative estimate of drug-likeness (QED) is 0.824. The van der Waals surface area contributed by atoms with Crippen LogP contribution in [0.5, 0.6) is 5.75 Å². The number of halogens is 2. The lowest BCUT2D eigenvalue weighted by atomic mass is 10.2. The molecule has 1 aliphatic heterocycles. The van der Waals surface area contributed by atoms with Crippen molar-refractivity contribution < 1.29 is 13.9 Å². The highest BCUT2D eigenvalue weighted by molar-refractivity contribution is 8.18. The van der Waals surface area contributed by atoms with Gasteiger partial charge in [0, 0.05) is 0 Å². The lowest BCUT2D eigenvalue weighted by molar-refractivity contribution is -0.115. The van der Waals surface area contributed by atoms with Gasteiger partial charge in [0.15, 0.2) is 16.7 Å². The molecule has 0 aromatic heterocycles. The Morgan fingerprint density at radius 2 is 2.08 bits per heavy atom. The molecule has 0 unspecified atom stereocenters. The Labute approximate surface area is 147 Å². The summed E-state index contributed by atoms with van der Waals surface area (Å²) in [4.78, 5) is 16.8. The zero-order chi connectivity index (χ0) is 17.1. The van der Waals surface area contributed by atoms with E-state index in [2.05, 4.69) is 10.3 Å². The van der Waals surface area contributed by atoms with Gasteiger partial charge in [0.1, 0.15) is 0 Å². The molecule has 0 radical (unpaired) electrons. The average Bonchev–Trinajstić information content (AvgIpc) is 2.89. The number of amides is 1. The van der Waals surface area contributed by atoms with Crippen molar-refractivity contribution in [1.82, 2.24) is 5.32 Å². The number of para-hydroxylation sites is 1. The van der Waals surface area contributed by atoms with E-state index in [-0.39, 0.29) is 11.7 Å². The molecule has 122 valence electrons. The monoisotopic (exact) mass is 362 g/mol. The average molecular weight is 363 g/mol. The number of hydrogen-bond donors (Lipinski definition) is 1. The summed E-state index contributed by atoms with van der Waals surface area (Å²) in [5, 5.41) is 3.59. The SMILES string of the molecule is COc1ccc(/C=C2/SC(=Nc3ccccc3Cl)NC2=O)cc1F.